The van der Waals surface area contributed by atoms with Gasteiger partial charge in [-0.25, -0.2) is 0 Å². The summed E-state index contributed by atoms with van der Waals surface area (Å²) < 4.78 is 29.6. The van der Waals surface area contributed by atoms with Crippen molar-refractivity contribution in [3.05, 3.63) is 58.7 Å². The second-order valence-corrected chi connectivity index (χ2v) is 13.2. The highest BCUT2D eigenvalue weighted by molar-refractivity contribution is 7.42. The van der Waals surface area contributed by atoms with Gasteiger partial charge in [-0.3, -0.25) is 0 Å². The summed E-state index contributed by atoms with van der Waals surface area (Å²) in [5, 5.41) is 0. The van der Waals surface area contributed by atoms with Crippen LogP contribution in [-0.2, 0) is 21.0 Å². The first-order valence-corrected chi connectivity index (χ1v) is 14.8. The first-order chi connectivity index (χ1) is 17.0. The van der Waals surface area contributed by atoms with Crippen molar-refractivity contribution < 1.29 is 18.3 Å². The molecule has 200 valence electrons. The highest BCUT2D eigenvalue weighted by Crippen LogP contribution is 2.53. The molecule has 0 bridgehead atoms. The van der Waals surface area contributed by atoms with Crippen LogP contribution in [0.3, 0.4) is 0 Å². The Morgan fingerprint density at radius 1 is 0.750 bits per heavy atom. The molecule has 0 unspecified atom stereocenters. The van der Waals surface area contributed by atoms with E-state index in [0.29, 0.717) is 11.5 Å². The molecule has 0 saturated carbocycles. The molecule has 0 saturated heterocycles. The first-order valence-electron chi connectivity index (χ1n) is 13.7. The van der Waals surface area contributed by atoms with Gasteiger partial charge in [0.25, 0.3) is 0 Å². The van der Waals surface area contributed by atoms with Crippen molar-refractivity contribution in [1.29, 1.82) is 0 Å². The van der Waals surface area contributed by atoms with Crippen LogP contribution in [0.2, 0.25) is 0 Å². The maximum atomic E-state index is 13.5. The van der Waals surface area contributed by atoms with E-state index in [9.17, 15) is 4.53 Å². The summed E-state index contributed by atoms with van der Waals surface area (Å²) in [6.07, 6.45) is 9.55. The van der Waals surface area contributed by atoms with Crippen molar-refractivity contribution in [1.82, 2.24) is 0 Å². The van der Waals surface area contributed by atoms with Gasteiger partial charge in [0.2, 0.25) is 0 Å². The lowest BCUT2D eigenvalue weighted by atomic mass is 9.71. The highest BCUT2D eigenvalue weighted by atomic mass is 31.2. The van der Waals surface area contributed by atoms with Gasteiger partial charge in [-0.1, -0.05) is 123 Å². The first kappa shape index (κ1) is 28.9. The molecule has 0 fully saturated rings. The fourth-order valence-electron chi connectivity index (χ4n) is 5.31. The molecule has 5 heteroatoms. The minimum absolute atomic E-state index is 0.0341. The average Bonchev–Trinajstić information content (AvgIpc) is 2.83. The average molecular weight is 517 g/mol. The second kappa shape index (κ2) is 11.8. The van der Waals surface area contributed by atoms with E-state index in [-0.39, 0.29) is 10.8 Å². The van der Waals surface area contributed by atoms with Crippen molar-refractivity contribution in [2.75, 3.05) is 0 Å². The Labute approximate surface area is 220 Å². The Hall–Kier alpha value is -1.64. The predicted molar refractivity (Wildman–Crippen MR) is 150 cm³/mol. The zero-order valence-corrected chi connectivity index (χ0v) is 24.6. The summed E-state index contributed by atoms with van der Waals surface area (Å²) in [7, 11) is -2.19. The third kappa shape index (κ3) is 6.43. The van der Waals surface area contributed by atoms with Crippen LogP contribution in [0.25, 0.3) is 0 Å². The molecular weight excluding hydrogens is 470 g/mol. The SMILES string of the molecule is CCCCCC(C)(C)c1ccc2c(c1)C(C)(C)c1cc(C(C)(C)CCCCC)ccc1OP(OF)O2. The van der Waals surface area contributed by atoms with E-state index in [2.05, 4.69) is 84.4 Å². The minimum Gasteiger partial charge on any atom is -0.416 e. The van der Waals surface area contributed by atoms with Crippen LogP contribution in [0, 0.1) is 0 Å². The number of fused-ring (bicyclic) bond motifs is 2. The Kier molecular flexibility index (Phi) is 9.50. The summed E-state index contributed by atoms with van der Waals surface area (Å²) in [6.45, 7) is 18.1. The molecule has 3 nitrogen and oxygen atoms in total. The number of hydrogen-bond donors (Lipinski definition) is 0. The lowest BCUT2D eigenvalue weighted by molar-refractivity contribution is -0.0161. The zero-order chi connectivity index (χ0) is 26.6. The molecule has 1 aliphatic rings. The molecule has 1 aliphatic heterocycles. The smallest absolute Gasteiger partial charge is 0.416 e. The van der Waals surface area contributed by atoms with Crippen molar-refractivity contribution in [3.63, 3.8) is 0 Å². The van der Waals surface area contributed by atoms with E-state index in [0.717, 1.165) is 24.0 Å². The monoisotopic (exact) mass is 516 g/mol. The fourth-order valence-corrected chi connectivity index (χ4v) is 6.05. The van der Waals surface area contributed by atoms with E-state index in [1.807, 2.05) is 12.1 Å². The predicted octanol–water partition coefficient (Wildman–Crippen LogP) is 10.6. The molecule has 36 heavy (non-hydrogen) atoms. The largest absolute Gasteiger partial charge is 0.497 e. The van der Waals surface area contributed by atoms with Crippen LogP contribution in [0.4, 0.5) is 4.53 Å². The lowest BCUT2D eigenvalue weighted by Crippen LogP contribution is -2.26. The molecule has 0 spiro atoms. The number of rotatable bonds is 11. The molecule has 3 rings (SSSR count). The molecule has 0 atom stereocenters. The third-order valence-electron chi connectivity index (χ3n) is 8.08. The van der Waals surface area contributed by atoms with Gasteiger partial charge >= 0.3 is 8.60 Å². The van der Waals surface area contributed by atoms with E-state index in [1.165, 1.54) is 49.7 Å². The second-order valence-electron chi connectivity index (χ2n) is 12.2. The molecule has 2 aromatic carbocycles. The minimum atomic E-state index is -2.19. The molecule has 1 heterocycles. The van der Waals surface area contributed by atoms with Gasteiger partial charge in [0, 0.05) is 16.5 Å². The molecule has 0 amide bonds. The Morgan fingerprint density at radius 3 is 1.53 bits per heavy atom. The summed E-state index contributed by atoms with van der Waals surface area (Å²) in [5.74, 6) is 1.24. The maximum absolute atomic E-state index is 13.5. The molecular formula is C31H46FO3P. The van der Waals surface area contributed by atoms with Gasteiger partial charge in [-0.05, 0) is 51.5 Å². The molecule has 0 radical (unpaired) electrons. The van der Waals surface area contributed by atoms with Crippen LogP contribution in [0.15, 0.2) is 36.4 Å². The summed E-state index contributed by atoms with van der Waals surface area (Å²) in [5.41, 5.74) is 4.29. The summed E-state index contributed by atoms with van der Waals surface area (Å²) in [6, 6.07) is 12.7. The third-order valence-corrected chi connectivity index (χ3v) is 8.89. The summed E-state index contributed by atoms with van der Waals surface area (Å²) in [4.78, 5) is 0. The van der Waals surface area contributed by atoms with E-state index >= 15 is 0 Å². The number of benzene rings is 2. The zero-order valence-electron chi connectivity index (χ0n) is 23.7. The van der Waals surface area contributed by atoms with Crippen LogP contribution in [0.5, 0.6) is 11.5 Å². The van der Waals surface area contributed by atoms with E-state index in [1.54, 1.807) is 0 Å². The highest BCUT2D eigenvalue weighted by Gasteiger charge is 2.38. The standard InChI is InChI=1S/C31H46FO3P/c1-9-11-13-19-29(3,4)23-15-17-27-25(21-23)31(7,8)26-22-24(30(5,6)20-14-12-10-2)16-18-28(26)34-36(33-27)35-32/h15-18,21-22H,9-14,19-20H2,1-8H3. The molecule has 0 aromatic heterocycles. The van der Waals surface area contributed by atoms with Crippen LogP contribution in [-0.4, -0.2) is 0 Å². The Bertz CT molecular complexity index is 937. The van der Waals surface area contributed by atoms with Gasteiger partial charge in [0.15, 0.2) is 0 Å². The van der Waals surface area contributed by atoms with Crippen molar-refractivity contribution in [2.45, 2.75) is 123 Å². The number of unbranched alkanes of at least 4 members (excludes halogenated alkanes) is 4. The number of halogens is 1. The van der Waals surface area contributed by atoms with Gasteiger partial charge in [-0.15, -0.1) is 0 Å². The van der Waals surface area contributed by atoms with Crippen LogP contribution >= 0.6 is 8.60 Å². The number of hydrogen-bond acceptors (Lipinski definition) is 3. The molecule has 0 N–H and O–H groups in total. The van der Waals surface area contributed by atoms with Crippen molar-refractivity contribution in [3.8, 4) is 11.5 Å². The van der Waals surface area contributed by atoms with Gasteiger partial charge in [-0.2, -0.15) is 0 Å². The van der Waals surface area contributed by atoms with E-state index in [4.69, 9.17) is 9.05 Å². The molecule has 0 aliphatic carbocycles. The Balaban J connectivity index is 2.10. The van der Waals surface area contributed by atoms with Crippen LogP contribution in [0.1, 0.15) is 129 Å². The Morgan fingerprint density at radius 2 is 1.17 bits per heavy atom. The van der Waals surface area contributed by atoms with Gasteiger partial charge < -0.3 is 9.05 Å². The van der Waals surface area contributed by atoms with Gasteiger partial charge in [0.05, 0.1) is 0 Å². The van der Waals surface area contributed by atoms with E-state index < -0.39 is 14.0 Å². The van der Waals surface area contributed by atoms with Gasteiger partial charge in [0.1, 0.15) is 11.5 Å². The van der Waals surface area contributed by atoms with Crippen molar-refractivity contribution in [2.24, 2.45) is 0 Å². The van der Waals surface area contributed by atoms with Crippen molar-refractivity contribution >= 4 is 8.60 Å². The normalized spacial score (nSPS) is 15.8. The molecule has 2 aromatic rings. The maximum Gasteiger partial charge on any atom is 0.497 e. The topological polar surface area (TPSA) is 27.7 Å². The quantitative estimate of drug-likeness (QED) is 0.220. The lowest BCUT2D eigenvalue weighted by Gasteiger charge is -2.36. The summed E-state index contributed by atoms with van der Waals surface area (Å²) >= 11 is 0. The van der Waals surface area contributed by atoms with Crippen LogP contribution < -0.4 is 9.05 Å². The fraction of sp³-hybridized carbons (Fsp3) is 0.613.